The predicted octanol–water partition coefficient (Wildman–Crippen LogP) is 2.99. The van der Waals surface area contributed by atoms with Crippen LogP contribution < -0.4 is 10.2 Å². The summed E-state index contributed by atoms with van der Waals surface area (Å²) < 4.78 is 5.23. The van der Waals surface area contributed by atoms with Gasteiger partial charge in [0.2, 0.25) is 0 Å². The molecule has 1 saturated heterocycles. The Bertz CT molecular complexity index is 946. The first-order chi connectivity index (χ1) is 12.6. The average Bonchev–Trinajstić information content (AvgIpc) is 3.31. The van der Waals surface area contributed by atoms with Crippen molar-refractivity contribution in [2.45, 2.75) is 32.6 Å². The number of amides is 1. The van der Waals surface area contributed by atoms with Gasteiger partial charge in [0.1, 0.15) is 12.0 Å². The zero-order valence-electron chi connectivity index (χ0n) is 14.8. The number of rotatable bonds is 4. The molecule has 0 bridgehead atoms. The predicted molar refractivity (Wildman–Crippen MR) is 97.3 cm³/mol. The molecule has 4 rings (SSSR count). The number of nitrogens with one attached hydrogen (secondary N) is 1. The molecule has 1 fully saturated rings. The number of hydrogen-bond donors (Lipinski definition) is 1. The summed E-state index contributed by atoms with van der Waals surface area (Å²) in [5, 5.41) is 7.72. The van der Waals surface area contributed by atoms with Gasteiger partial charge in [0, 0.05) is 19.3 Å². The van der Waals surface area contributed by atoms with Crippen LogP contribution in [0, 0.1) is 0 Å². The summed E-state index contributed by atoms with van der Waals surface area (Å²) in [6, 6.07) is 1.77. The summed E-state index contributed by atoms with van der Waals surface area (Å²) in [4.78, 5) is 27.5. The van der Waals surface area contributed by atoms with Crippen molar-refractivity contribution in [1.29, 1.82) is 0 Å². The van der Waals surface area contributed by atoms with Gasteiger partial charge in [0.25, 0.3) is 11.6 Å². The highest BCUT2D eigenvalue weighted by molar-refractivity contribution is 6.06. The van der Waals surface area contributed by atoms with E-state index in [4.69, 9.17) is 4.52 Å². The fourth-order valence-corrected chi connectivity index (χ4v) is 3.18. The fourth-order valence-electron chi connectivity index (χ4n) is 3.18. The average molecular weight is 352 g/mol. The van der Waals surface area contributed by atoms with E-state index in [1.165, 1.54) is 12.5 Å². The molecule has 1 N–H and O–H groups in total. The Hall–Kier alpha value is -3.03. The van der Waals surface area contributed by atoms with Crippen LogP contribution in [0.4, 0.5) is 11.5 Å². The van der Waals surface area contributed by atoms with Crippen molar-refractivity contribution >= 4 is 28.5 Å². The van der Waals surface area contributed by atoms with Crippen molar-refractivity contribution in [3.8, 4) is 0 Å². The van der Waals surface area contributed by atoms with Crippen LogP contribution in [0.5, 0.6) is 0 Å². The van der Waals surface area contributed by atoms with Crippen molar-refractivity contribution in [3.63, 3.8) is 0 Å². The van der Waals surface area contributed by atoms with Crippen molar-refractivity contribution < 1.29 is 9.32 Å². The number of pyridine rings is 1. The number of aromatic nitrogens is 4. The second kappa shape index (κ2) is 6.70. The Morgan fingerprint density at radius 3 is 2.81 bits per heavy atom. The van der Waals surface area contributed by atoms with Crippen LogP contribution in [0.1, 0.15) is 48.7 Å². The van der Waals surface area contributed by atoms with Crippen LogP contribution in [0.2, 0.25) is 0 Å². The summed E-state index contributed by atoms with van der Waals surface area (Å²) >= 11 is 0. The maximum atomic E-state index is 12.8. The minimum atomic E-state index is -0.259. The lowest BCUT2D eigenvalue weighted by atomic mass is 10.1. The van der Waals surface area contributed by atoms with E-state index in [1.807, 2.05) is 13.8 Å². The van der Waals surface area contributed by atoms with Gasteiger partial charge in [-0.2, -0.15) is 0 Å². The molecule has 3 aromatic rings. The molecule has 0 radical (unpaired) electrons. The van der Waals surface area contributed by atoms with Gasteiger partial charge in [-0.05, 0) is 24.8 Å². The number of carbonyl (C=O) groups is 1. The summed E-state index contributed by atoms with van der Waals surface area (Å²) in [5.41, 5.74) is 2.28. The van der Waals surface area contributed by atoms with E-state index in [0.717, 1.165) is 42.8 Å². The zero-order chi connectivity index (χ0) is 18.1. The molecule has 1 aliphatic heterocycles. The molecular formula is C18H20N6O2. The largest absolute Gasteiger partial charge is 0.355 e. The molecule has 1 aliphatic rings. The molecule has 1 amide bonds. The van der Waals surface area contributed by atoms with E-state index < -0.39 is 0 Å². The first kappa shape index (κ1) is 16.4. The smallest absolute Gasteiger partial charge is 0.257 e. The molecular weight excluding hydrogens is 332 g/mol. The third-order valence-corrected chi connectivity index (χ3v) is 4.51. The van der Waals surface area contributed by atoms with E-state index in [-0.39, 0.29) is 11.8 Å². The second-order valence-corrected chi connectivity index (χ2v) is 6.71. The Morgan fingerprint density at radius 1 is 1.23 bits per heavy atom. The van der Waals surface area contributed by atoms with E-state index in [9.17, 15) is 4.79 Å². The molecule has 8 heteroatoms. The number of nitrogens with zero attached hydrogens (tertiary/aromatic N) is 5. The Labute approximate surface area is 150 Å². The molecule has 0 aromatic carbocycles. The standard InChI is InChI=1S/C18H20N6O2/c1-11(2)15-13-7-12(8-20-18(13)26-23-15)17(25)22-14-9-19-10-21-16(14)24-5-3-4-6-24/h7-11H,3-6H2,1-2H3,(H,22,25). The highest BCUT2D eigenvalue weighted by atomic mass is 16.5. The quantitative estimate of drug-likeness (QED) is 0.771. The Kier molecular flexibility index (Phi) is 4.24. The van der Waals surface area contributed by atoms with Crippen LogP contribution in [-0.4, -0.2) is 39.1 Å². The fraction of sp³-hybridized carbons (Fsp3) is 0.389. The zero-order valence-corrected chi connectivity index (χ0v) is 14.8. The van der Waals surface area contributed by atoms with Gasteiger partial charge in [-0.1, -0.05) is 19.0 Å². The lowest BCUT2D eigenvalue weighted by molar-refractivity contribution is 0.102. The van der Waals surface area contributed by atoms with Gasteiger partial charge in [0.15, 0.2) is 5.82 Å². The SMILES string of the molecule is CC(C)c1noc2ncc(C(=O)Nc3cncnc3N3CCCC3)cc12. The van der Waals surface area contributed by atoms with Gasteiger partial charge in [-0.3, -0.25) is 4.79 Å². The maximum absolute atomic E-state index is 12.8. The van der Waals surface area contributed by atoms with Gasteiger partial charge in [-0.25, -0.2) is 15.0 Å². The first-order valence-electron chi connectivity index (χ1n) is 8.75. The molecule has 8 nitrogen and oxygen atoms in total. The molecule has 0 aliphatic carbocycles. The minimum Gasteiger partial charge on any atom is -0.355 e. The maximum Gasteiger partial charge on any atom is 0.257 e. The summed E-state index contributed by atoms with van der Waals surface area (Å²) in [5.74, 6) is 0.680. The lowest BCUT2D eigenvalue weighted by Gasteiger charge is -2.19. The van der Waals surface area contributed by atoms with Crippen molar-refractivity contribution in [2.24, 2.45) is 0 Å². The molecule has 134 valence electrons. The van der Waals surface area contributed by atoms with Gasteiger partial charge in [-0.15, -0.1) is 0 Å². The van der Waals surface area contributed by atoms with Crippen LogP contribution in [0.15, 0.2) is 29.3 Å². The Morgan fingerprint density at radius 2 is 2.04 bits per heavy atom. The number of anilines is 2. The van der Waals surface area contributed by atoms with Gasteiger partial charge in [0.05, 0.1) is 22.8 Å². The van der Waals surface area contributed by atoms with Crippen LogP contribution in [0.25, 0.3) is 11.1 Å². The number of fused-ring (bicyclic) bond motifs is 1. The molecule has 0 unspecified atom stereocenters. The van der Waals surface area contributed by atoms with E-state index in [1.54, 1.807) is 12.3 Å². The lowest BCUT2D eigenvalue weighted by Crippen LogP contribution is -2.22. The minimum absolute atomic E-state index is 0.181. The van der Waals surface area contributed by atoms with E-state index in [2.05, 4.69) is 30.3 Å². The third-order valence-electron chi connectivity index (χ3n) is 4.51. The van der Waals surface area contributed by atoms with Crippen LogP contribution in [-0.2, 0) is 0 Å². The summed E-state index contributed by atoms with van der Waals surface area (Å²) in [6.07, 6.45) is 6.88. The first-order valence-corrected chi connectivity index (χ1v) is 8.75. The third kappa shape index (κ3) is 2.98. The Balaban J connectivity index is 1.63. The highest BCUT2D eigenvalue weighted by Gasteiger charge is 2.20. The van der Waals surface area contributed by atoms with Gasteiger partial charge >= 0.3 is 0 Å². The molecule has 26 heavy (non-hydrogen) atoms. The summed E-state index contributed by atoms with van der Waals surface area (Å²) in [6.45, 7) is 5.92. The van der Waals surface area contributed by atoms with Crippen molar-refractivity contribution in [1.82, 2.24) is 20.1 Å². The number of hydrogen-bond acceptors (Lipinski definition) is 7. The van der Waals surface area contributed by atoms with Crippen LogP contribution >= 0.6 is 0 Å². The van der Waals surface area contributed by atoms with E-state index in [0.29, 0.717) is 17.0 Å². The molecule has 0 spiro atoms. The molecule has 4 heterocycles. The highest BCUT2D eigenvalue weighted by Crippen LogP contribution is 2.27. The van der Waals surface area contributed by atoms with Crippen molar-refractivity contribution in [2.75, 3.05) is 23.3 Å². The topological polar surface area (TPSA) is 97.0 Å². The second-order valence-electron chi connectivity index (χ2n) is 6.71. The monoisotopic (exact) mass is 352 g/mol. The summed E-state index contributed by atoms with van der Waals surface area (Å²) in [7, 11) is 0. The molecule has 0 saturated carbocycles. The van der Waals surface area contributed by atoms with E-state index >= 15 is 0 Å². The van der Waals surface area contributed by atoms with Crippen molar-refractivity contribution in [3.05, 3.63) is 36.0 Å². The molecule has 3 aromatic heterocycles. The number of carbonyl (C=O) groups excluding carboxylic acids is 1. The normalized spacial score (nSPS) is 14.3. The van der Waals surface area contributed by atoms with Gasteiger partial charge < -0.3 is 14.7 Å². The van der Waals surface area contributed by atoms with Crippen LogP contribution in [0.3, 0.4) is 0 Å². The molecule has 0 atom stereocenters.